The number of piperazine rings is 1. The largest absolute Gasteiger partial charge is 0.360 e. The van der Waals surface area contributed by atoms with Crippen molar-refractivity contribution < 1.29 is 9.32 Å². The highest BCUT2D eigenvalue weighted by Gasteiger charge is 2.32. The quantitative estimate of drug-likeness (QED) is 0.856. The summed E-state index contributed by atoms with van der Waals surface area (Å²) < 4.78 is 5.28. The van der Waals surface area contributed by atoms with Gasteiger partial charge in [-0.3, -0.25) is 9.69 Å². The van der Waals surface area contributed by atoms with Crippen LogP contribution in [0.4, 0.5) is 0 Å². The van der Waals surface area contributed by atoms with Crippen molar-refractivity contribution in [2.75, 3.05) is 26.2 Å². The number of benzene rings is 1. The van der Waals surface area contributed by atoms with Crippen molar-refractivity contribution in [2.24, 2.45) is 0 Å². The van der Waals surface area contributed by atoms with E-state index in [1.165, 1.54) is 10.5 Å². The number of amides is 1. The number of hydrogen-bond donors (Lipinski definition) is 0. The molecule has 1 fully saturated rings. The van der Waals surface area contributed by atoms with Crippen LogP contribution in [0.3, 0.4) is 0 Å². The number of aryl methyl sites for hydroxylation is 1. The van der Waals surface area contributed by atoms with Crippen LogP contribution in [-0.2, 0) is 17.8 Å². The smallest absolute Gasteiger partial charge is 0.236 e. The van der Waals surface area contributed by atoms with E-state index in [2.05, 4.69) is 28.3 Å². The van der Waals surface area contributed by atoms with Crippen LogP contribution in [-0.4, -0.2) is 52.3 Å². The van der Waals surface area contributed by atoms with Gasteiger partial charge in [0, 0.05) is 37.1 Å². The van der Waals surface area contributed by atoms with Gasteiger partial charge in [0.1, 0.15) is 0 Å². The highest BCUT2D eigenvalue weighted by Crippen LogP contribution is 2.37. The molecule has 1 aromatic heterocycles. The van der Waals surface area contributed by atoms with Gasteiger partial charge >= 0.3 is 0 Å². The van der Waals surface area contributed by atoms with Gasteiger partial charge in [-0.1, -0.05) is 23.4 Å². The van der Waals surface area contributed by atoms with Gasteiger partial charge in [-0.05, 0) is 25.0 Å². The number of carbonyl (C=O) groups is 1. The Morgan fingerprint density at radius 2 is 2.08 bits per heavy atom. The van der Waals surface area contributed by atoms with Crippen LogP contribution in [0.5, 0.6) is 0 Å². The van der Waals surface area contributed by atoms with E-state index < -0.39 is 0 Å². The summed E-state index contributed by atoms with van der Waals surface area (Å²) in [6.45, 7) is 6.05. The topological polar surface area (TPSA) is 49.6 Å². The van der Waals surface area contributed by atoms with Gasteiger partial charge in [0.15, 0.2) is 5.76 Å². The second-order valence-corrected chi connectivity index (χ2v) is 7.70. The zero-order chi connectivity index (χ0) is 16.5. The lowest BCUT2D eigenvalue weighted by atomic mass is 10.1. The van der Waals surface area contributed by atoms with Crippen LogP contribution in [0.15, 0.2) is 39.8 Å². The SMILES string of the molecule is Cc1cc(CN2CCN(C(=O)[C@@H]3Cc4ccccc4S3)CC2)on1. The van der Waals surface area contributed by atoms with Crippen molar-refractivity contribution >= 4 is 17.7 Å². The second-order valence-electron chi connectivity index (χ2n) is 6.45. The lowest BCUT2D eigenvalue weighted by Gasteiger charge is -2.35. The molecule has 6 heteroatoms. The number of fused-ring (bicyclic) bond motifs is 1. The molecule has 0 saturated carbocycles. The molecule has 2 aromatic rings. The summed E-state index contributed by atoms with van der Waals surface area (Å²) in [5.74, 6) is 1.18. The zero-order valence-corrected chi connectivity index (χ0v) is 14.6. The Hall–Kier alpha value is -1.79. The van der Waals surface area contributed by atoms with Crippen molar-refractivity contribution in [3.63, 3.8) is 0 Å². The van der Waals surface area contributed by atoms with Crippen molar-refractivity contribution in [3.05, 3.63) is 47.3 Å². The average Bonchev–Trinajstić information content (AvgIpc) is 3.21. The Morgan fingerprint density at radius 3 is 2.79 bits per heavy atom. The van der Waals surface area contributed by atoms with Gasteiger partial charge in [-0.25, -0.2) is 0 Å². The fraction of sp³-hybridized carbons (Fsp3) is 0.444. The first-order valence-corrected chi connectivity index (χ1v) is 9.25. The Bertz CT molecular complexity index is 712. The minimum atomic E-state index is 0.0471. The fourth-order valence-corrected chi connectivity index (χ4v) is 4.64. The number of aromatic nitrogens is 1. The van der Waals surface area contributed by atoms with Crippen LogP contribution in [0.2, 0.25) is 0 Å². The third-order valence-corrected chi connectivity index (χ3v) is 5.97. The van der Waals surface area contributed by atoms with E-state index in [1.54, 1.807) is 11.8 Å². The monoisotopic (exact) mass is 343 g/mol. The van der Waals surface area contributed by atoms with Crippen LogP contribution in [0.1, 0.15) is 17.0 Å². The number of hydrogen-bond acceptors (Lipinski definition) is 5. The van der Waals surface area contributed by atoms with Gasteiger partial charge in [0.2, 0.25) is 5.91 Å². The summed E-state index contributed by atoms with van der Waals surface area (Å²) in [6.07, 6.45) is 0.858. The molecule has 1 amide bonds. The van der Waals surface area contributed by atoms with E-state index in [0.29, 0.717) is 0 Å². The highest BCUT2D eigenvalue weighted by atomic mass is 32.2. The molecule has 1 saturated heterocycles. The molecule has 5 nitrogen and oxygen atoms in total. The lowest BCUT2D eigenvalue weighted by Crippen LogP contribution is -2.50. The molecular formula is C18H21N3O2S. The molecule has 0 radical (unpaired) electrons. The molecular weight excluding hydrogens is 322 g/mol. The molecule has 2 aliphatic heterocycles. The van der Waals surface area contributed by atoms with Crippen molar-refractivity contribution in [3.8, 4) is 0 Å². The Kier molecular flexibility index (Phi) is 4.33. The van der Waals surface area contributed by atoms with Crippen LogP contribution in [0.25, 0.3) is 0 Å². The second kappa shape index (κ2) is 6.61. The van der Waals surface area contributed by atoms with E-state index >= 15 is 0 Å². The van der Waals surface area contributed by atoms with E-state index in [-0.39, 0.29) is 11.2 Å². The van der Waals surface area contributed by atoms with Crippen molar-refractivity contribution in [1.29, 1.82) is 0 Å². The molecule has 4 rings (SSSR count). The Labute approximate surface area is 146 Å². The molecule has 0 aliphatic carbocycles. The molecule has 0 spiro atoms. The third-order valence-electron chi connectivity index (χ3n) is 4.66. The molecule has 0 unspecified atom stereocenters. The maximum absolute atomic E-state index is 12.8. The Balaban J connectivity index is 1.31. The molecule has 0 N–H and O–H groups in total. The highest BCUT2D eigenvalue weighted by molar-refractivity contribution is 8.01. The van der Waals surface area contributed by atoms with Crippen LogP contribution < -0.4 is 0 Å². The van der Waals surface area contributed by atoms with Gasteiger partial charge in [0.25, 0.3) is 0 Å². The summed E-state index contributed by atoms with van der Waals surface area (Å²) >= 11 is 1.72. The number of carbonyl (C=O) groups excluding carboxylic acids is 1. The van der Waals surface area contributed by atoms with Crippen molar-refractivity contribution in [1.82, 2.24) is 15.0 Å². The van der Waals surface area contributed by atoms with Gasteiger partial charge in [-0.15, -0.1) is 11.8 Å². The normalized spacial score (nSPS) is 21.0. The van der Waals surface area contributed by atoms with E-state index in [4.69, 9.17) is 4.52 Å². The predicted molar refractivity (Wildman–Crippen MR) is 92.9 cm³/mol. The first kappa shape index (κ1) is 15.7. The summed E-state index contributed by atoms with van der Waals surface area (Å²) in [7, 11) is 0. The minimum Gasteiger partial charge on any atom is -0.360 e. The zero-order valence-electron chi connectivity index (χ0n) is 13.8. The van der Waals surface area contributed by atoms with Gasteiger partial charge in [0.05, 0.1) is 17.5 Å². The van der Waals surface area contributed by atoms with Crippen LogP contribution >= 0.6 is 11.8 Å². The molecule has 2 aliphatic rings. The molecule has 3 heterocycles. The molecule has 24 heavy (non-hydrogen) atoms. The molecule has 0 bridgehead atoms. The molecule has 1 atom stereocenters. The van der Waals surface area contributed by atoms with E-state index in [1.807, 2.05) is 24.0 Å². The number of thioether (sulfide) groups is 1. The third kappa shape index (κ3) is 3.21. The molecule has 126 valence electrons. The number of nitrogens with zero attached hydrogens (tertiary/aromatic N) is 3. The summed E-state index contributed by atoms with van der Waals surface area (Å²) in [5, 5.41) is 3.98. The lowest BCUT2D eigenvalue weighted by molar-refractivity contribution is -0.132. The summed E-state index contributed by atoms with van der Waals surface area (Å²) in [5.41, 5.74) is 2.22. The van der Waals surface area contributed by atoms with E-state index in [9.17, 15) is 4.79 Å². The number of rotatable bonds is 3. The standard InChI is InChI=1S/C18H21N3O2S/c1-13-10-15(23-19-13)12-20-6-8-21(9-7-20)18(22)17-11-14-4-2-3-5-16(14)24-17/h2-5,10,17H,6-9,11-12H2,1H3/t17-/m0/s1. The summed E-state index contributed by atoms with van der Waals surface area (Å²) in [4.78, 5) is 18.4. The Morgan fingerprint density at radius 1 is 1.29 bits per heavy atom. The van der Waals surface area contributed by atoms with Crippen molar-refractivity contribution in [2.45, 2.75) is 30.0 Å². The van der Waals surface area contributed by atoms with Crippen LogP contribution in [0, 0.1) is 6.92 Å². The predicted octanol–water partition coefficient (Wildman–Crippen LogP) is 2.34. The maximum atomic E-state index is 12.8. The first-order valence-electron chi connectivity index (χ1n) is 8.37. The van der Waals surface area contributed by atoms with Gasteiger partial charge < -0.3 is 9.42 Å². The maximum Gasteiger partial charge on any atom is 0.236 e. The summed E-state index contributed by atoms with van der Waals surface area (Å²) in [6, 6.07) is 10.3. The minimum absolute atomic E-state index is 0.0471. The first-order chi connectivity index (χ1) is 11.7. The average molecular weight is 343 g/mol. The molecule has 1 aromatic carbocycles. The fourth-order valence-electron chi connectivity index (χ4n) is 3.36. The van der Waals surface area contributed by atoms with E-state index in [0.717, 1.165) is 50.6 Å². The van der Waals surface area contributed by atoms with Gasteiger partial charge in [-0.2, -0.15) is 0 Å².